The molecule has 0 aliphatic carbocycles. The number of ether oxygens (including phenoxy) is 2. The number of benzene rings is 3. The van der Waals surface area contributed by atoms with Gasteiger partial charge in [-0.1, -0.05) is 41.4 Å². The highest BCUT2D eigenvalue weighted by Gasteiger charge is 2.11. The Labute approximate surface area is 206 Å². The Morgan fingerprint density at radius 2 is 1.85 bits per heavy atom. The van der Waals surface area contributed by atoms with Gasteiger partial charge in [-0.15, -0.1) is 4.68 Å². The van der Waals surface area contributed by atoms with Crippen LogP contribution in [0.4, 0.5) is 0 Å². The Bertz CT molecular complexity index is 1500. The largest absolute Gasteiger partial charge is 0.493 e. The van der Waals surface area contributed by atoms with Gasteiger partial charge >= 0.3 is 5.69 Å². The van der Waals surface area contributed by atoms with Crippen molar-refractivity contribution in [3.05, 3.63) is 101 Å². The van der Waals surface area contributed by atoms with Gasteiger partial charge in [0.15, 0.2) is 11.5 Å². The van der Waals surface area contributed by atoms with E-state index in [1.165, 1.54) is 13.3 Å². The molecule has 0 amide bonds. The number of H-pyrrole nitrogens is 1. The first kappa shape index (κ1) is 23.1. The van der Waals surface area contributed by atoms with Gasteiger partial charge in [0.05, 0.1) is 34.3 Å². The molecule has 4 aromatic rings. The zero-order chi connectivity index (χ0) is 23.5. The van der Waals surface area contributed by atoms with Crippen LogP contribution in [0, 0.1) is 0 Å². The van der Waals surface area contributed by atoms with E-state index in [0.29, 0.717) is 42.5 Å². The van der Waals surface area contributed by atoms with Crippen LogP contribution >= 0.6 is 39.1 Å². The second kappa shape index (κ2) is 9.82. The number of rotatable bonds is 6. The minimum absolute atomic E-state index is 0.245. The predicted octanol–water partition coefficient (Wildman–Crippen LogP) is 5.23. The summed E-state index contributed by atoms with van der Waals surface area (Å²) >= 11 is 15.5. The highest BCUT2D eigenvalue weighted by Crippen LogP contribution is 2.34. The summed E-state index contributed by atoms with van der Waals surface area (Å²) < 4.78 is 12.7. The second-order valence-electron chi connectivity index (χ2n) is 6.90. The van der Waals surface area contributed by atoms with Crippen LogP contribution in [0.25, 0.3) is 10.9 Å². The van der Waals surface area contributed by atoms with E-state index in [0.717, 1.165) is 10.2 Å². The molecule has 1 heterocycles. The summed E-state index contributed by atoms with van der Waals surface area (Å²) in [6.07, 6.45) is 1.39. The van der Waals surface area contributed by atoms with Gasteiger partial charge in [0, 0.05) is 10.0 Å². The van der Waals surface area contributed by atoms with Gasteiger partial charge in [-0.2, -0.15) is 5.10 Å². The lowest BCUT2D eigenvalue weighted by Crippen LogP contribution is -2.32. The van der Waals surface area contributed by atoms with Gasteiger partial charge in [-0.25, -0.2) is 4.79 Å². The first-order valence-electron chi connectivity index (χ1n) is 9.60. The quantitative estimate of drug-likeness (QED) is 0.334. The molecule has 0 saturated heterocycles. The first-order valence-corrected chi connectivity index (χ1v) is 11.1. The first-order chi connectivity index (χ1) is 15.9. The van der Waals surface area contributed by atoms with Crippen LogP contribution in [0.15, 0.2) is 73.8 Å². The van der Waals surface area contributed by atoms with Crippen LogP contribution in [0.2, 0.25) is 10.0 Å². The smallest absolute Gasteiger partial charge is 0.349 e. The average molecular weight is 549 g/mol. The Hall–Kier alpha value is -3.07. The van der Waals surface area contributed by atoms with Crippen LogP contribution in [0.5, 0.6) is 11.5 Å². The number of hydrogen-bond acceptors (Lipinski definition) is 5. The van der Waals surface area contributed by atoms with Crippen molar-refractivity contribution < 1.29 is 9.47 Å². The fraction of sp³-hybridized carbons (Fsp3) is 0.0870. The van der Waals surface area contributed by atoms with Crippen LogP contribution in [0.3, 0.4) is 0 Å². The van der Waals surface area contributed by atoms with E-state index in [9.17, 15) is 9.59 Å². The summed E-state index contributed by atoms with van der Waals surface area (Å²) in [4.78, 5) is 27.6. The molecule has 0 unspecified atom stereocenters. The van der Waals surface area contributed by atoms with Crippen molar-refractivity contribution in [3.8, 4) is 11.5 Å². The van der Waals surface area contributed by atoms with Crippen LogP contribution < -0.4 is 20.7 Å². The van der Waals surface area contributed by atoms with Gasteiger partial charge in [-0.05, 0) is 57.9 Å². The number of para-hydroxylation sites is 1. The number of aromatic amines is 1. The number of nitrogens with one attached hydrogen (secondary N) is 1. The van der Waals surface area contributed by atoms with E-state index in [1.807, 2.05) is 6.07 Å². The summed E-state index contributed by atoms with van der Waals surface area (Å²) in [7, 11) is 1.51. The number of nitrogens with zero attached hydrogens (tertiary/aromatic N) is 2. The third-order valence-corrected chi connectivity index (χ3v) is 6.18. The lowest BCUT2D eigenvalue weighted by atomic mass is 10.2. The highest BCUT2D eigenvalue weighted by atomic mass is 79.9. The van der Waals surface area contributed by atoms with Crippen molar-refractivity contribution in [2.24, 2.45) is 5.10 Å². The molecule has 1 aromatic heterocycles. The Morgan fingerprint density at radius 1 is 1.06 bits per heavy atom. The van der Waals surface area contributed by atoms with Gasteiger partial charge in [0.25, 0.3) is 5.56 Å². The molecule has 0 atom stereocenters. The molecule has 0 bridgehead atoms. The molecule has 4 rings (SSSR count). The highest BCUT2D eigenvalue weighted by molar-refractivity contribution is 9.10. The van der Waals surface area contributed by atoms with E-state index in [1.54, 1.807) is 48.5 Å². The van der Waals surface area contributed by atoms with Crippen LogP contribution in [0.1, 0.15) is 11.1 Å². The minimum Gasteiger partial charge on any atom is -0.493 e. The Morgan fingerprint density at radius 3 is 2.61 bits per heavy atom. The maximum absolute atomic E-state index is 12.7. The van der Waals surface area contributed by atoms with Gasteiger partial charge in [-0.3, -0.25) is 4.79 Å². The lowest BCUT2D eigenvalue weighted by molar-refractivity contribution is 0.284. The second-order valence-corrected chi connectivity index (χ2v) is 8.57. The molecule has 1 N–H and O–H groups in total. The monoisotopic (exact) mass is 547 g/mol. The molecular weight excluding hydrogens is 533 g/mol. The maximum atomic E-state index is 12.7. The Balaban J connectivity index is 1.62. The number of fused-ring (bicyclic) bond motifs is 1. The van der Waals surface area contributed by atoms with Gasteiger partial charge in [0.2, 0.25) is 0 Å². The summed E-state index contributed by atoms with van der Waals surface area (Å²) in [5, 5.41) is 5.35. The summed E-state index contributed by atoms with van der Waals surface area (Å²) in [5.74, 6) is 0.924. The summed E-state index contributed by atoms with van der Waals surface area (Å²) in [6, 6.07) is 15.4. The van der Waals surface area contributed by atoms with Crippen molar-refractivity contribution >= 4 is 56.2 Å². The normalized spacial score (nSPS) is 11.3. The van der Waals surface area contributed by atoms with Crippen molar-refractivity contribution in [1.82, 2.24) is 9.66 Å². The molecule has 0 aliphatic heterocycles. The van der Waals surface area contributed by atoms with E-state index in [2.05, 4.69) is 26.0 Å². The van der Waals surface area contributed by atoms with E-state index in [4.69, 9.17) is 32.7 Å². The molecule has 0 fully saturated rings. The lowest BCUT2D eigenvalue weighted by Gasteiger charge is -2.13. The zero-order valence-electron chi connectivity index (χ0n) is 17.1. The minimum atomic E-state index is -0.639. The molecule has 0 aliphatic rings. The molecule has 10 heteroatoms. The molecule has 7 nitrogen and oxygen atoms in total. The predicted molar refractivity (Wildman–Crippen MR) is 133 cm³/mol. The molecule has 33 heavy (non-hydrogen) atoms. The third-order valence-electron chi connectivity index (χ3n) is 4.76. The molecule has 3 aromatic carbocycles. The number of methoxy groups -OCH3 is 1. The molecule has 0 spiro atoms. The SMILES string of the molecule is COc1cc(C=Nn2c(=O)[nH]c3ccccc3c2=O)c(Br)cc1OCc1ccc(Cl)c(Cl)c1. The van der Waals surface area contributed by atoms with Crippen molar-refractivity contribution in [3.63, 3.8) is 0 Å². The van der Waals surface area contributed by atoms with E-state index in [-0.39, 0.29) is 6.61 Å². The maximum Gasteiger partial charge on any atom is 0.349 e. The molecule has 168 valence electrons. The standard InChI is InChI=1S/C23H16BrCl2N3O4/c1-32-20-9-14(11-27-29-22(30)15-4-2-3-5-19(15)28-23(29)31)16(24)10-21(20)33-12-13-6-7-17(25)18(26)8-13/h2-11H,12H2,1H3,(H,28,31). The van der Waals surface area contributed by atoms with Crippen molar-refractivity contribution in [2.45, 2.75) is 6.61 Å². The van der Waals surface area contributed by atoms with Gasteiger partial charge < -0.3 is 14.5 Å². The summed E-state index contributed by atoms with van der Waals surface area (Å²) in [5.41, 5.74) is 0.705. The summed E-state index contributed by atoms with van der Waals surface area (Å²) in [6.45, 7) is 0.245. The zero-order valence-corrected chi connectivity index (χ0v) is 20.2. The molecule has 0 saturated carbocycles. The van der Waals surface area contributed by atoms with Crippen molar-refractivity contribution in [2.75, 3.05) is 7.11 Å². The topological polar surface area (TPSA) is 85.7 Å². The fourth-order valence-corrected chi connectivity index (χ4v) is 3.84. The molecule has 0 radical (unpaired) electrons. The Kier molecular flexibility index (Phi) is 6.88. The van der Waals surface area contributed by atoms with Crippen molar-refractivity contribution in [1.29, 1.82) is 0 Å². The van der Waals surface area contributed by atoms with Crippen LogP contribution in [-0.4, -0.2) is 23.0 Å². The molecular formula is C23H16BrCl2N3O4. The fourth-order valence-electron chi connectivity index (χ4n) is 3.09. The van der Waals surface area contributed by atoms with E-state index < -0.39 is 11.2 Å². The van der Waals surface area contributed by atoms with Gasteiger partial charge in [0.1, 0.15) is 6.61 Å². The third kappa shape index (κ3) is 4.98. The van der Waals surface area contributed by atoms with Crippen LogP contribution in [-0.2, 0) is 6.61 Å². The number of halogens is 3. The number of aromatic nitrogens is 2. The number of hydrogen-bond donors (Lipinski definition) is 1. The van der Waals surface area contributed by atoms with E-state index >= 15 is 0 Å². The average Bonchev–Trinajstić information content (AvgIpc) is 2.80.